The third-order valence-corrected chi connectivity index (χ3v) is 13.5. The minimum Gasteiger partial charge on any atom is -0.469 e. The molecule has 8 atom stereocenters. The Balaban J connectivity index is 1.55. The first-order chi connectivity index (χ1) is 17.1. The highest BCUT2D eigenvalue weighted by Crippen LogP contribution is 2.75. The van der Waals surface area contributed by atoms with Crippen LogP contribution in [0, 0.1) is 50.2 Å². The van der Waals surface area contributed by atoms with Crippen LogP contribution in [0.2, 0.25) is 0 Å². The van der Waals surface area contributed by atoms with Gasteiger partial charge in [0.15, 0.2) is 0 Å². The molecule has 5 aliphatic rings. The van der Waals surface area contributed by atoms with E-state index in [1.165, 1.54) is 12.8 Å². The molecule has 0 amide bonds. The maximum Gasteiger partial charge on any atom is 0.312 e. The molecule has 0 bridgehead atoms. The Morgan fingerprint density at radius 2 is 1.54 bits per heavy atom. The van der Waals surface area contributed by atoms with Crippen molar-refractivity contribution in [3.63, 3.8) is 0 Å². The van der Waals surface area contributed by atoms with Crippen molar-refractivity contribution in [2.45, 2.75) is 126 Å². The van der Waals surface area contributed by atoms with Gasteiger partial charge in [-0.25, -0.2) is 0 Å². The molecule has 4 saturated carbocycles. The fourth-order valence-corrected chi connectivity index (χ4v) is 11.2. The summed E-state index contributed by atoms with van der Waals surface area (Å²) >= 11 is 0. The Bertz CT molecular complexity index is 1010. The lowest BCUT2D eigenvalue weighted by Gasteiger charge is -2.71. The Hall–Kier alpha value is -1.32. The Morgan fingerprint density at radius 3 is 2.19 bits per heavy atom. The Labute approximate surface area is 225 Å². The highest BCUT2D eigenvalue weighted by atomic mass is 16.5. The first kappa shape index (κ1) is 27.3. The zero-order valence-corrected chi connectivity index (χ0v) is 25.1. The number of ether oxygens (including phenoxy) is 2. The van der Waals surface area contributed by atoms with Crippen molar-refractivity contribution in [1.82, 2.24) is 0 Å². The normalized spacial score (nSPS) is 47.8. The molecule has 0 heterocycles. The first-order valence-electron chi connectivity index (χ1n) is 15.0. The van der Waals surface area contributed by atoms with E-state index in [2.05, 4.69) is 54.5 Å². The molecule has 0 aliphatic heterocycles. The second-order valence-corrected chi connectivity index (χ2v) is 15.8. The molecule has 5 aliphatic carbocycles. The molecule has 0 spiro atoms. The van der Waals surface area contributed by atoms with E-state index in [1.807, 2.05) is 0 Å². The maximum atomic E-state index is 13.4. The fraction of sp³-hybridized carbons (Fsp3) is 0.879. The van der Waals surface area contributed by atoms with Gasteiger partial charge >= 0.3 is 11.9 Å². The molecule has 0 aromatic rings. The second-order valence-electron chi connectivity index (χ2n) is 15.8. The summed E-state index contributed by atoms with van der Waals surface area (Å²) in [6, 6.07) is 0. The summed E-state index contributed by atoms with van der Waals surface area (Å²) in [5.74, 6) is 1.33. The molecule has 0 radical (unpaired) electrons. The van der Waals surface area contributed by atoms with Gasteiger partial charge in [-0.05, 0) is 104 Å². The van der Waals surface area contributed by atoms with Gasteiger partial charge in [0, 0.05) is 12.3 Å². The molecule has 37 heavy (non-hydrogen) atoms. The topological polar surface area (TPSA) is 52.6 Å². The van der Waals surface area contributed by atoms with Crippen molar-refractivity contribution in [2.24, 2.45) is 50.2 Å². The smallest absolute Gasteiger partial charge is 0.312 e. The fourth-order valence-electron chi connectivity index (χ4n) is 11.2. The van der Waals surface area contributed by atoms with E-state index >= 15 is 0 Å². The van der Waals surface area contributed by atoms with Gasteiger partial charge in [-0.1, -0.05) is 60.1 Å². The van der Waals surface area contributed by atoms with Crippen molar-refractivity contribution in [3.05, 3.63) is 11.6 Å². The summed E-state index contributed by atoms with van der Waals surface area (Å²) in [5.41, 5.74) is 2.01. The average Bonchev–Trinajstić information content (AvgIpc) is 2.80. The third-order valence-electron chi connectivity index (χ3n) is 13.5. The van der Waals surface area contributed by atoms with E-state index in [-0.39, 0.29) is 50.5 Å². The number of methoxy groups -OCH3 is 1. The summed E-state index contributed by atoms with van der Waals surface area (Å²) in [7, 11) is 1.59. The summed E-state index contributed by atoms with van der Waals surface area (Å²) < 4.78 is 11.4. The number of carbonyl (C=O) groups excluding carboxylic acids is 2. The molecule has 0 saturated heterocycles. The highest BCUT2D eigenvalue weighted by Gasteiger charge is 2.69. The van der Waals surface area contributed by atoms with Crippen LogP contribution in [0.4, 0.5) is 0 Å². The lowest BCUT2D eigenvalue weighted by atomic mass is 9.33. The van der Waals surface area contributed by atoms with Crippen LogP contribution in [-0.4, -0.2) is 25.2 Å². The van der Waals surface area contributed by atoms with Gasteiger partial charge in [0.1, 0.15) is 6.10 Å². The SMILES string of the molecule is COC(=O)[C@]12CCC(C)(C)C[C@H]1C1=CCC3[C@@]4(C)CC[C@H](OC(C)=O)C(C)(C)C4CC[C@@]3(C)[C@]1(C)CC2. The molecule has 208 valence electrons. The number of hydrogen-bond acceptors (Lipinski definition) is 4. The van der Waals surface area contributed by atoms with Gasteiger partial charge in [-0.3, -0.25) is 9.59 Å². The molecule has 0 N–H and O–H groups in total. The molecule has 0 aromatic heterocycles. The number of allylic oxidation sites excluding steroid dienone is 2. The molecule has 4 fully saturated rings. The molecule has 4 nitrogen and oxygen atoms in total. The molecule has 5 rings (SSSR count). The first-order valence-corrected chi connectivity index (χ1v) is 15.0. The summed E-state index contributed by atoms with van der Waals surface area (Å²) in [6.07, 6.45) is 13.4. The van der Waals surface area contributed by atoms with Crippen LogP contribution in [0.3, 0.4) is 0 Å². The van der Waals surface area contributed by atoms with Crippen LogP contribution in [-0.2, 0) is 19.1 Å². The third kappa shape index (κ3) is 3.58. The molecular formula is C33H52O4. The van der Waals surface area contributed by atoms with Gasteiger partial charge < -0.3 is 9.47 Å². The number of hydrogen-bond donors (Lipinski definition) is 0. The van der Waals surface area contributed by atoms with Gasteiger partial charge in [0.2, 0.25) is 0 Å². The van der Waals surface area contributed by atoms with E-state index < -0.39 is 0 Å². The number of fused-ring (bicyclic) bond motifs is 7. The van der Waals surface area contributed by atoms with Gasteiger partial charge in [0.25, 0.3) is 0 Å². The molecule has 2 unspecified atom stereocenters. The predicted octanol–water partition coefficient (Wildman–Crippen LogP) is 7.89. The van der Waals surface area contributed by atoms with Crippen LogP contribution >= 0.6 is 0 Å². The monoisotopic (exact) mass is 512 g/mol. The minimum absolute atomic E-state index is 0.0116. The van der Waals surface area contributed by atoms with Crippen molar-refractivity contribution < 1.29 is 19.1 Å². The highest BCUT2D eigenvalue weighted by molar-refractivity contribution is 5.78. The summed E-state index contributed by atoms with van der Waals surface area (Å²) in [4.78, 5) is 25.3. The summed E-state index contributed by atoms with van der Waals surface area (Å²) in [6.45, 7) is 18.8. The van der Waals surface area contributed by atoms with Crippen molar-refractivity contribution >= 4 is 11.9 Å². The molecular weight excluding hydrogens is 460 g/mol. The quantitative estimate of drug-likeness (QED) is 0.279. The van der Waals surface area contributed by atoms with Gasteiger partial charge in [-0.2, -0.15) is 0 Å². The van der Waals surface area contributed by atoms with E-state index in [9.17, 15) is 9.59 Å². The number of rotatable bonds is 2. The van der Waals surface area contributed by atoms with Crippen molar-refractivity contribution in [3.8, 4) is 0 Å². The lowest BCUT2D eigenvalue weighted by Crippen LogP contribution is -2.65. The number of esters is 2. The zero-order valence-electron chi connectivity index (χ0n) is 25.1. The van der Waals surface area contributed by atoms with Crippen molar-refractivity contribution in [2.75, 3.05) is 7.11 Å². The van der Waals surface area contributed by atoms with E-state index in [0.717, 1.165) is 51.4 Å². The Kier molecular flexibility index (Phi) is 6.14. The van der Waals surface area contributed by atoms with Crippen LogP contribution in [0.15, 0.2) is 11.6 Å². The van der Waals surface area contributed by atoms with E-state index in [4.69, 9.17) is 9.47 Å². The lowest BCUT2D eigenvalue weighted by molar-refractivity contribution is -0.213. The van der Waals surface area contributed by atoms with E-state index in [1.54, 1.807) is 19.6 Å². The minimum atomic E-state index is -0.343. The second kappa shape index (κ2) is 8.34. The van der Waals surface area contributed by atoms with Crippen LogP contribution in [0.5, 0.6) is 0 Å². The average molecular weight is 513 g/mol. The van der Waals surface area contributed by atoms with Crippen molar-refractivity contribution in [1.29, 1.82) is 0 Å². The van der Waals surface area contributed by atoms with Crippen LogP contribution < -0.4 is 0 Å². The Morgan fingerprint density at radius 1 is 0.865 bits per heavy atom. The largest absolute Gasteiger partial charge is 0.469 e. The van der Waals surface area contributed by atoms with Crippen LogP contribution in [0.25, 0.3) is 0 Å². The van der Waals surface area contributed by atoms with E-state index in [0.29, 0.717) is 17.8 Å². The molecule has 0 aromatic carbocycles. The number of carbonyl (C=O) groups is 2. The standard InChI is InChI=1S/C33H52O4/c1-21(34)37-26-13-14-30(6)24(29(26,4)5)12-15-32(8)25(30)11-10-22-23-20-28(2,3)16-18-33(23,27(35)36-9)19-17-31(22,32)7/h10,23-26H,11-20H2,1-9H3/t23-,24?,25?,26-,30-,31+,32+,33-/m0/s1. The van der Waals surface area contributed by atoms with Gasteiger partial charge in [-0.15, -0.1) is 0 Å². The molecule has 4 heteroatoms. The summed E-state index contributed by atoms with van der Waals surface area (Å²) in [5, 5.41) is 0. The van der Waals surface area contributed by atoms with Crippen LogP contribution in [0.1, 0.15) is 120 Å². The predicted molar refractivity (Wildman–Crippen MR) is 147 cm³/mol. The van der Waals surface area contributed by atoms with Gasteiger partial charge in [0.05, 0.1) is 12.5 Å². The maximum absolute atomic E-state index is 13.4. The zero-order chi connectivity index (χ0) is 27.2.